The Kier molecular flexibility index (Phi) is 6.19. The number of amides is 1. The van der Waals surface area contributed by atoms with Crippen LogP contribution in [0.1, 0.15) is 41.3 Å². The lowest BCUT2D eigenvalue weighted by atomic mass is 10.0. The maximum atomic E-state index is 13.5. The van der Waals surface area contributed by atoms with Crippen molar-refractivity contribution in [2.24, 2.45) is 5.10 Å². The highest BCUT2D eigenvalue weighted by Crippen LogP contribution is 2.38. The van der Waals surface area contributed by atoms with Gasteiger partial charge in [-0.25, -0.2) is 4.79 Å². The average molecular weight is 492 g/mol. The van der Waals surface area contributed by atoms with E-state index < -0.39 is 5.97 Å². The van der Waals surface area contributed by atoms with E-state index in [1.807, 2.05) is 48.5 Å². The molecule has 4 aromatic rings. The number of hydrogen-bond acceptors (Lipinski definition) is 5. The number of benzene rings is 4. The first-order chi connectivity index (χ1) is 17.8. The number of carboxylic acids is 1. The fraction of sp³-hybridized carbons (Fsp3) is 0.100. The molecule has 1 aliphatic heterocycles. The highest BCUT2D eigenvalue weighted by molar-refractivity contribution is 6.55. The number of carboxylic acid groups (broad SMARTS) is 1. The Labute approximate surface area is 214 Å². The van der Waals surface area contributed by atoms with Crippen LogP contribution in [0.4, 0.5) is 17.1 Å². The summed E-state index contributed by atoms with van der Waals surface area (Å²) in [5.74, 6) is -1.05. The Balaban J connectivity index is 1.48. The number of anilines is 3. The minimum absolute atomic E-state index is 0.103. The van der Waals surface area contributed by atoms with Gasteiger partial charge >= 0.3 is 5.97 Å². The summed E-state index contributed by atoms with van der Waals surface area (Å²) >= 11 is 0. The Hall–Kier alpha value is -4.91. The second-order valence-corrected chi connectivity index (χ2v) is 9.06. The lowest BCUT2D eigenvalue weighted by Gasteiger charge is -2.18. The predicted molar refractivity (Wildman–Crippen MR) is 145 cm³/mol. The molecule has 0 radical (unpaired) electrons. The molecule has 0 bridgehead atoms. The molecule has 184 valence electrons. The standard InChI is InChI=1S/C30H25N3O4/c1-18(2)19-13-15-22(16-14-19)33-26-12-4-3-9-24(26)27(29(33)35)32-31-25-11-6-10-23(28(25)34)20-7-5-8-21(17-20)30(36)37/h3-18,31,34H,1-2H3,(H,36,37)/b32-27-. The number of para-hydroxylation sites is 2. The molecule has 0 spiro atoms. The molecule has 1 heterocycles. The number of rotatable bonds is 6. The first-order valence-electron chi connectivity index (χ1n) is 11.9. The molecule has 3 N–H and O–H groups in total. The van der Waals surface area contributed by atoms with E-state index in [4.69, 9.17) is 0 Å². The summed E-state index contributed by atoms with van der Waals surface area (Å²) in [6.07, 6.45) is 0. The number of nitrogens with one attached hydrogen (secondary N) is 1. The summed E-state index contributed by atoms with van der Waals surface area (Å²) in [6, 6.07) is 26.7. The molecule has 1 amide bonds. The molecule has 7 heteroatoms. The van der Waals surface area contributed by atoms with Crippen LogP contribution in [0.5, 0.6) is 5.75 Å². The van der Waals surface area contributed by atoms with Crippen LogP contribution < -0.4 is 10.3 Å². The van der Waals surface area contributed by atoms with Gasteiger partial charge in [0, 0.05) is 16.8 Å². The van der Waals surface area contributed by atoms with Crippen molar-refractivity contribution in [3.05, 3.63) is 108 Å². The number of aromatic carboxylic acids is 1. The van der Waals surface area contributed by atoms with E-state index in [9.17, 15) is 19.8 Å². The quantitative estimate of drug-likeness (QED) is 0.215. The van der Waals surface area contributed by atoms with Gasteiger partial charge in [0.1, 0.15) is 5.75 Å². The molecule has 0 fully saturated rings. The van der Waals surface area contributed by atoms with E-state index in [0.717, 1.165) is 11.4 Å². The van der Waals surface area contributed by atoms with Crippen molar-refractivity contribution < 1.29 is 19.8 Å². The number of fused-ring (bicyclic) bond motifs is 1. The van der Waals surface area contributed by atoms with Crippen LogP contribution in [-0.2, 0) is 4.79 Å². The van der Waals surface area contributed by atoms with E-state index >= 15 is 0 Å². The molecular formula is C30H25N3O4. The van der Waals surface area contributed by atoms with Crippen molar-refractivity contribution in [3.8, 4) is 16.9 Å². The monoisotopic (exact) mass is 491 g/mol. The van der Waals surface area contributed by atoms with Gasteiger partial charge in [-0.2, -0.15) is 5.10 Å². The van der Waals surface area contributed by atoms with Crippen molar-refractivity contribution in [2.75, 3.05) is 10.3 Å². The molecule has 7 nitrogen and oxygen atoms in total. The fourth-order valence-electron chi connectivity index (χ4n) is 4.37. The Morgan fingerprint density at radius 1 is 0.892 bits per heavy atom. The number of carbonyl (C=O) groups is 2. The lowest BCUT2D eigenvalue weighted by Crippen LogP contribution is -2.26. The normalized spacial score (nSPS) is 13.8. The zero-order chi connectivity index (χ0) is 26.1. The molecular weight excluding hydrogens is 466 g/mol. The molecule has 1 aliphatic rings. The van der Waals surface area contributed by atoms with Gasteiger partial charge in [0.2, 0.25) is 0 Å². The average Bonchev–Trinajstić information content (AvgIpc) is 3.19. The highest BCUT2D eigenvalue weighted by atomic mass is 16.4. The Bertz CT molecular complexity index is 1540. The van der Waals surface area contributed by atoms with Crippen LogP contribution in [0.2, 0.25) is 0 Å². The van der Waals surface area contributed by atoms with Crippen LogP contribution in [-0.4, -0.2) is 27.8 Å². The molecule has 0 saturated carbocycles. The number of carbonyl (C=O) groups excluding carboxylic acids is 1. The van der Waals surface area contributed by atoms with E-state index in [2.05, 4.69) is 24.4 Å². The van der Waals surface area contributed by atoms with Gasteiger partial charge in [0.25, 0.3) is 5.91 Å². The summed E-state index contributed by atoms with van der Waals surface area (Å²) in [6.45, 7) is 4.24. The molecule has 0 aromatic heterocycles. The van der Waals surface area contributed by atoms with Crippen molar-refractivity contribution in [2.45, 2.75) is 19.8 Å². The summed E-state index contributed by atoms with van der Waals surface area (Å²) in [5, 5.41) is 24.6. The maximum absolute atomic E-state index is 13.5. The van der Waals surface area contributed by atoms with Crippen molar-refractivity contribution in [1.29, 1.82) is 0 Å². The maximum Gasteiger partial charge on any atom is 0.335 e. The van der Waals surface area contributed by atoms with E-state index in [-0.39, 0.29) is 28.6 Å². The third-order valence-corrected chi connectivity index (χ3v) is 6.37. The molecule has 0 aliphatic carbocycles. The fourth-order valence-corrected chi connectivity index (χ4v) is 4.37. The summed E-state index contributed by atoms with van der Waals surface area (Å²) in [7, 11) is 0. The van der Waals surface area contributed by atoms with Gasteiger partial charge < -0.3 is 10.2 Å². The summed E-state index contributed by atoms with van der Waals surface area (Å²) in [5.41, 5.74) is 7.80. The van der Waals surface area contributed by atoms with Gasteiger partial charge in [0.15, 0.2) is 5.71 Å². The van der Waals surface area contributed by atoms with Crippen LogP contribution in [0.15, 0.2) is 96.1 Å². The lowest BCUT2D eigenvalue weighted by molar-refractivity contribution is -0.111. The molecule has 4 aromatic carbocycles. The minimum atomic E-state index is -1.05. The highest BCUT2D eigenvalue weighted by Gasteiger charge is 2.35. The number of hydrogen-bond donors (Lipinski definition) is 3. The molecule has 0 atom stereocenters. The van der Waals surface area contributed by atoms with Crippen molar-refractivity contribution in [3.63, 3.8) is 0 Å². The van der Waals surface area contributed by atoms with E-state index in [1.165, 1.54) is 17.7 Å². The largest absolute Gasteiger partial charge is 0.505 e. The van der Waals surface area contributed by atoms with Crippen molar-refractivity contribution in [1.82, 2.24) is 0 Å². The first-order valence-corrected chi connectivity index (χ1v) is 11.9. The van der Waals surface area contributed by atoms with E-state index in [1.54, 1.807) is 35.2 Å². The third-order valence-electron chi connectivity index (χ3n) is 6.37. The number of phenols is 1. The van der Waals surface area contributed by atoms with Crippen molar-refractivity contribution >= 4 is 34.7 Å². The first kappa shape index (κ1) is 23.8. The minimum Gasteiger partial charge on any atom is -0.505 e. The SMILES string of the molecule is CC(C)c1ccc(N2C(=O)/C(=N\Nc3cccc(-c4cccc(C(=O)O)c4)c3O)c3ccccc32)cc1. The topological polar surface area (TPSA) is 102 Å². The zero-order valence-electron chi connectivity index (χ0n) is 20.3. The Morgan fingerprint density at radius 3 is 2.32 bits per heavy atom. The van der Waals surface area contributed by atoms with Gasteiger partial charge in [-0.05, 0) is 53.4 Å². The zero-order valence-corrected chi connectivity index (χ0v) is 20.3. The van der Waals surface area contributed by atoms with Gasteiger partial charge in [0.05, 0.1) is 16.9 Å². The smallest absolute Gasteiger partial charge is 0.335 e. The second-order valence-electron chi connectivity index (χ2n) is 9.06. The molecule has 37 heavy (non-hydrogen) atoms. The number of phenolic OH excluding ortho intramolecular Hbond substituents is 1. The van der Waals surface area contributed by atoms with Crippen LogP contribution in [0.25, 0.3) is 11.1 Å². The molecule has 0 saturated heterocycles. The summed E-state index contributed by atoms with van der Waals surface area (Å²) < 4.78 is 0. The van der Waals surface area contributed by atoms with Gasteiger partial charge in [-0.1, -0.05) is 68.4 Å². The third kappa shape index (κ3) is 4.43. The summed E-state index contributed by atoms with van der Waals surface area (Å²) in [4.78, 5) is 26.5. The van der Waals surface area contributed by atoms with Gasteiger partial charge in [-0.15, -0.1) is 0 Å². The number of nitrogens with zero attached hydrogens (tertiary/aromatic N) is 2. The predicted octanol–water partition coefficient (Wildman–Crippen LogP) is 6.38. The number of aromatic hydroxyl groups is 1. The molecule has 0 unspecified atom stereocenters. The Morgan fingerprint density at radius 2 is 1.59 bits per heavy atom. The van der Waals surface area contributed by atoms with Crippen LogP contribution in [0.3, 0.4) is 0 Å². The van der Waals surface area contributed by atoms with E-state index in [0.29, 0.717) is 22.6 Å². The second kappa shape index (κ2) is 9.62. The molecule has 5 rings (SSSR count). The van der Waals surface area contributed by atoms with Crippen LogP contribution in [0, 0.1) is 0 Å². The van der Waals surface area contributed by atoms with Gasteiger partial charge in [-0.3, -0.25) is 15.1 Å². The number of hydrazone groups is 1. The van der Waals surface area contributed by atoms with Crippen LogP contribution >= 0.6 is 0 Å².